The Morgan fingerprint density at radius 1 is 1.10 bits per heavy atom. The van der Waals surface area contributed by atoms with Gasteiger partial charge in [-0.1, -0.05) is 24.3 Å². The van der Waals surface area contributed by atoms with Crippen LogP contribution in [-0.2, 0) is 26.0 Å². The molecule has 3 rings (SSSR count). The molecule has 0 saturated heterocycles. The number of amides is 3. The minimum atomic E-state index is -3.68. The van der Waals surface area contributed by atoms with Gasteiger partial charge < -0.3 is 5.32 Å². The Hall–Kier alpha value is -3.24. The number of rotatable bonds is 6. The Labute approximate surface area is 180 Å². The standard InChI is InChI=1S/C21H24N4O5S/c1-25(2)31(29,30)17-8-5-7-15(13-17)21(28)24-23-19(26)11-10-16-12-14-6-3-4-9-18(14)22-20(16)27/h3-9,13,16H,10-12H2,1-2H3,(H,22,27)(H,23,26)(H,24,28). The number of sulfonamides is 1. The third-order valence-electron chi connectivity index (χ3n) is 5.02. The Kier molecular flexibility index (Phi) is 6.71. The fraction of sp³-hybridized carbons (Fsp3) is 0.286. The van der Waals surface area contributed by atoms with Gasteiger partial charge in [-0.3, -0.25) is 25.2 Å². The number of carbonyl (C=O) groups excluding carboxylic acids is 3. The Morgan fingerprint density at radius 2 is 1.84 bits per heavy atom. The maximum absolute atomic E-state index is 12.3. The largest absolute Gasteiger partial charge is 0.326 e. The lowest BCUT2D eigenvalue weighted by Gasteiger charge is -2.24. The highest BCUT2D eigenvalue weighted by atomic mass is 32.2. The molecule has 31 heavy (non-hydrogen) atoms. The first-order valence-electron chi connectivity index (χ1n) is 9.69. The second kappa shape index (κ2) is 9.27. The SMILES string of the molecule is CN(C)S(=O)(=O)c1cccc(C(=O)NNC(=O)CCC2Cc3ccccc3NC2=O)c1. The molecule has 1 atom stereocenters. The monoisotopic (exact) mass is 444 g/mol. The van der Waals surface area contributed by atoms with Crippen LogP contribution in [0.4, 0.5) is 5.69 Å². The van der Waals surface area contributed by atoms with Gasteiger partial charge in [-0.25, -0.2) is 12.7 Å². The van der Waals surface area contributed by atoms with E-state index in [-0.39, 0.29) is 28.7 Å². The van der Waals surface area contributed by atoms with Gasteiger partial charge in [-0.15, -0.1) is 0 Å². The lowest BCUT2D eigenvalue weighted by Crippen LogP contribution is -2.42. The fourth-order valence-corrected chi connectivity index (χ4v) is 4.17. The average molecular weight is 445 g/mol. The van der Waals surface area contributed by atoms with Crippen molar-refractivity contribution in [3.63, 3.8) is 0 Å². The molecule has 1 aliphatic heterocycles. The number of anilines is 1. The van der Waals surface area contributed by atoms with E-state index in [1.165, 1.54) is 38.4 Å². The Balaban J connectivity index is 1.52. The molecular weight excluding hydrogens is 420 g/mol. The summed E-state index contributed by atoms with van der Waals surface area (Å²) in [6, 6.07) is 13.0. The third-order valence-corrected chi connectivity index (χ3v) is 6.83. The highest BCUT2D eigenvalue weighted by Crippen LogP contribution is 2.27. The normalized spacial score (nSPS) is 15.7. The smallest absolute Gasteiger partial charge is 0.269 e. The van der Waals surface area contributed by atoms with Crippen molar-refractivity contribution in [3.8, 4) is 0 Å². The van der Waals surface area contributed by atoms with E-state index in [1.807, 2.05) is 24.3 Å². The van der Waals surface area contributed by atoms with Crippen LogP contribution in [0.2, 0.25) is 0 Å². The molecule has 0 aliphatic carbocycles. The second-order valence-electron chi connectivity index (χ2n) is 7.40. The van der Waals surface area contributed by atoms with Crippen molar-refractivity contribution in [3.05, 3.63) is 59.7 Å². The molecule has 2 aromatic carbocycles. The van der Waals surface area contributed by atoms with E-state index >= 15 is 0 Å². The van der Waals surface area contributed by atoms with Gasteiger partial charge in [0.05, 0.1) is 4.90 Å². The van der Waals surface area contributed by atoms with Crippen LogP contribution < -0.4 is 16.2 Å². The number of hydrogen-bond donors (Lipinski definition) is 3. The first kappa shape index (κ1) is 22.4. The van der Waals surface area contributed by atoms with Gasteiger partial charge in [-0.2, -0.15) is 0 Å². The number of nitrogens with one attached hydrogen (secondary N) is 3. The quantitative estimate of drug-likeness (QED) is 0.579. The molecule has 3 N–H and O–H groups in total. The van der Waals surface area contributed by atoms with Crippen LogP contribution in [0.1, 0.15) is 28.8 Å². The number of carbonyl (C=O) groups is 3. The molecule has 1 heterocycles. The van der Waals surface area contributed by atoms with Gasteiger partial charge >= 0.3 is 0 Å². The summed E-state index contributed by atoms with van der Waals surface area (Å²) < 4.78 is 25.5. The topological polar surface area (TPSA) is 125 Å². The average Bonchev–Trinajstić information content (AvgIpc) is 2.75. The van der Waals surface area contributed by atoms with Crippen molar-refractivity contribution < 1.29 is 22.8 Å². The predicted molar refractivity (Wildman–Crippen MR) is 114 cm³/mol. The molecule has 0 saturated carbocycles. The molecule has 1 aliphatic rings. The minimum Gasteiger partial charge on any atom is -0.326 e. The molecule has 0 bridgehead atoms. The van der Waals surface area contributed by atoms with Gasteiger partial charge in [0.1, 0.15) is 0 Å². The fourth-order valence-electron chi connectivity index (χ4n) is 3.22. The van der Waals surface area contributed by atoms with Crippen molar-refractivity contribution >= 4 is 33.4 Å². The van der Waals surface area contributed by atoms with Crippen LogP contribution in [0.15, 0.2) is 53.4 Å². The number of hydrogen-bond acceptors (Lipinski definition) is 5. The van der Waals surface area contributed by atoms with Crippen LogP contribution in [-0.4, -0.2) is 44.5 Å². The van der Waals surface area contributed by atoms with Gasteiger partial charge in [-0.05, 0) is 42.7 Å². The van der Waals surface area contributed by atoms with Crippen LogP contribution in [0.3, 0.4) is 0 Å². The third kappa shape index (κ3) is 5.28. The first-order valence-corrected chi connectivity index (χ1v) is 11.1. The Morgan fingerprint density at radius 3 is 2.58 bits per heavy atom. The van der Waals surface area contributed by atoms with E-state index in [2.05, 4.69) is 16.2 Å². The number of para-hydroxylation sites is 1. The van der Waals surface area contributed by atoms with Gasteiger partial charge in [0.15, 0.2) is 0 Å². The molecule has 0 aromatic heterocycles. The first-order chi connectivity index (χ1) is 14.7. The predicted octanol–water partition coefficient (Wildman–Crippen LogP) is 1.29. The van der Waals surface area contributed by atoms with E-state index in [0.29, 0.717) is 12.8 Å². The van der Waals surface area contributed by atoms with Crippen molar-refractivity contribution in [2.24, 2.45) is 5.92 Å². The molecule has 2 aromatic rings. The molecule has 1 unspecified atom stereocenters. The molecule has 10 heteroatoms. The van der Waals surface area contributed by atoms with E-state index in [0.717, 1.165) is 15.6 Å². The molecule has 0 fully saturated rings. The highest BCUT2D eigenvalue weighted by molar-refractivity contribution is 7.89. The number of benzene rings is 2. The van der Waals surface area contributed by atoms with Crippen molar-refractivity contribution in [1.29, 1.82) is 0 Å². The van der Waals surface area contributed by atoms with Crippen LogP contribution in [0.25, 0.3) is 0 Å². The van der Waals surface area contributed by atoms with Crippen LogP contribution in [0, 0.1) is 5.92 Å². The summed E-state index contributed by atoms with van der Waals surface area (Å²) in [5, 5.41) is 2.84. The van der Waals surface area contributed by atoms with Crippen molar-refractivity contribution in [2.75, 3.05) is 19.4 Å². The highest BCUT2D eigenvalue weighted by Gasteiger charge is 2.26. The zero-order valence-corrected chi connectivity index (χ0v) is 18.0. The zero-order chi connectivity index (χ0) is 22.6. The maximum atomic E-state index is 12.3. The lowest BCUT2D eigenvalue weighted by atomic mass is 9.89. The number of fused-ring (bicyclic) bond motifs is 1. The zero-order valence-electron chi connectivity index (χ0n) is 17.2. The Bertz CT molecular complexity index is 1110. The summed E-state index contributed by atoms with van der Waals surface area (Å²) >= 11 is 0. The van der Waals surface area contributed by atoms with Crippen molar-refractivity contribution in [1.82, 2.24) is 15.2 Å². The van der Waals surface area contributed by atoms with Crippen LogP contribution >= 0.6 is 0 Å². The molecule has 164 valence electrons. The summed E-state index contributed by atoms with van der Waals surface area (Å²) in [5.74, 6) is -1.55. The summed E-state index contributed by atoms with van der Waals surface area (Å²) in [6.07, 6.45) is 0.933. The lowest BCUT2D eigenvalue weighted by molar-refractivity contribution is -0.123. The number of hydrazine groups is 1. The summed E-state index contributed by atoms with van der Waals surface area (Å²) in [7, 11) is -0.891. The molecule has 9 nitrogen and oxygen atoms in total. The maximum Gasteiger partial charge on any atom is 0.269 e. The summed E-state index contributed by atoms with van der Waals surface area (Å²) in [5.41, 5.74) is 6.48. The van der Waals surface area contributed by atoms with Crippen LogP contribution in [0.5, 0.6) is 0 Å². The van der Waals surface area contributed by atoms with Crippen molar-refractivity contribution in [2.45, 2.75) is 24.2 Å². The van der Waals surface area contributed by atoms with Gasteiger partial charge in [0, 0.05) is 37.7 Å². The van der Waals surface area contributed by atoms with E-state index in [4.69, 9.17) is 0 Å². The van der Waals surface area contributed by atoms with E-state index < -0.39 is 21.8 Å². The van der Waals surface area contributed by atoms with Gasteiger partial charge in [0.25, 0.3) is 5.91 Å². The molecular formula is C21H24N4O5S. The molecule has 3 amide bonds. The molecule has 0 spiro atoms. The van der Waals surface area contributed by atoms with E-state index in [1.54, 1.807) is 0 Å². The number of nitrogens with zero attached hydrogens (tertiary/aromatic N) is 1. The van der Waals surface area contributed by atoms with Gasteiger partial charge in [0.2, 0.25) is 21.8 Å². The second-order valence-corrected chi connectivity index (χ2v) is 9.56. The molecule has 0 radical (unpaired) electrons. The summed E-state index contributed by atoms with van der Waals surface area (Å²) in [6.45, 7) is 0. The van der Waals surface area contributed by atoms with E-state index in [9.17, 15) is 22.8 Å². The summed E-state index contributed by atoms with van der Waals surface area (Å²) in [4.78, 5) is 36.6. The minimum absolute atomic E-state index is 0.0277.